The molecule has 1 atom stereocenters. The van der Waals surface area contributed by atoms with E-state index in [-0.39, 0.29) is 6.04 Å². The fourth-order valence-electron chi connectivity index (χ4n) is 2.55. The number of rotatable bonds is 6. The molecule has 1 unspecified atom stereocenters. The number of hydrogen-bond donors (Lipinski definition) is 1. The lowest BCUT2D eigenvalue weighted by Crippen LogP contribution is -2.17. The first kappa shape index (κ1) is 16.2. The van der Waals surface area contributed by atoms with Crippen molar-refractivity contribution >= 4 is 15.9 Å². The minimum Gasteiger partial charge on any atom is -0.384 e. The zero-order chi connectivity index (χ0) is 15.2. The van der Waals surface area contributed by atoms with Crippen LogP contribution >= 0.6 is 15.9 Å². The van der Waals surface area contributed by atoms with Crippen molar-refractivity contribution in [1.82, 2.24) is 5.32 Å². The third-order valence-electron chi connectivity index (χ3n) is 3.59. The first-order valence-corrected chi connectivity index (χ1v) is 7.95. The van der Waals surface area contributed by atoms with Crippen LogP contribution in [-0.4, -0.2) is 20.8 Å². The second kappa shape index (κ2) is 7.74. The van der Waals surface area contributed by atoms with Crippen LogP contribution in [0.2, 0.25) is 0 Å². The maximum absolute atomic E-state index is 5.12. The molecule has 0 aliphatic rings. The van der Waals surface area contributed by atoms with Crippen molar-refractivity contribution in [2.75, 3.05) is 20.8 Å². The lowest BCUT2D eigenvalue weighted by molar-refractivity contribution is 0.202. The van der Waals surface area contributed by atoms with Crippen LogP contribution in [0.1, 0.15) is 28.3 Å². The highest BCUT2D eigenvalue weighted by atomic mass is 79.9. The molecular formula is C18H22BrNO. The van der Waals surface area contributed by atoms with Gasteiger partial charge in [0, 0.05) is 11.6 Å². The van der Waals surface area contributed by atoms with E-state index in [0.29, 0.717) is 0 Å². The average molecular weight is 348 g/mol. The summed E-state index contributed by atoms with van der Waals surface area (Å²) in [5, 5.41) is 3.41. The quantitative estimate of drug-likeness (QED) is 0.842. The van der Waals surface area contributed by atoms with Gasteiger partial charge in [0.1, 0.15) is 0 Å². The lowest BCUT2D eigenvalue weighted by atomic mass is 9.96. The predicted molar refractivity (Wildman–Crippen MR) is 91.8 cm³/mol. The Morgan fingerprint density at radius 1 is 1.10 bits per heavy atom. The Morgan fingerprint density at radius 2 is 1.81 bits per heavy atom. The normalized spacial score (nSPS) is 12.4. The second-order valence-electron chi connectivity index (χ2n) is 5.27. The molecule has 0 radical (unpaired) electrons. The van der Waals surface area contributed by atoms with Crippen molar-refractivity contribution in [1.29, 1.82) is 0 Å². The summed E-state index contributed by atoms with van der Waals surface area (Å²) < 4.78 is 6.24. The van der Waals surface area contributed by atoms with Gasteiger partial charge in [-0.3, -0.25) is 0 Å². The fourth-order valence-corrected chi connectivity index (χ4v) is 3.18. The second-order valence-corrected chi connectivity index (χ2v) is 6.18. The predicted octanol–water partition coefficient (Wildman–Crippen LogP) is 4.26. The Bertz CT molecular complexity index is 560. The number of halogens is 1. The van der Waals surface area contributed by atoms with Crippen LogP contribution in [0.3, 0.4) is 0 Å². The van der Waals surface area contributed by atoms with Crippen LogP contribution < -0.4 is 5.32 Å². The van der Waals surface area contributed by atoms with E-state index >= 15 is 0 Å². The van der Waals surface area contributed by atoms with E-state index in [1.165, 1.54) is 22.3 Å². The number of methoxy groups -OCH3 is 1. The zero-order valence-corrected chi connectivity index (χ0v) is 14.4. The number of aryl methyl sites for hydroxylation is 1. The van der Waals surface area contributed by atoms with Crippen LogP contribution in [0, 0.1) is 6.92 Å². The Kier molecular flexibility index (Phi) is 5.97. The molecule has 0 saturated heterocycles. The molecule has 2 rings (SSSR count). The molecule has 0 spiro atoms. The molecule has 2 aromatic carbocycles. The van der Waals surface area contributed by atoms with Crippen LogP contribution in [-0.2, 0) is 11.2 Å². The van der Waals surface area contributed by atoms with E-state index in [4.69, 9.17) is 4.74 Å². The highest BCUT2D eigenvalue weighted by molar-refractivity contribution is 9.10. The third-order valence-corrected chi connectivity index (χ3v) is 4.05. The van der Waals surface area contributed by atoms with E-state index in [1.54, 1.807) is 7.11 Å². The van der Waals surface area contributed by atoms with Gasteiger partial charge in [0.05, 0.1) is 12.6 Å². The van der Waals surface area contributed by atoms with Gasteiger partial charge in [-0.05, 0) is 54.8 Å². The van der Waals surface area contributed by atoms with E-state index < -0.39 is 0 Å². The van der Waals surface area contributed by atoms with Crippen molar-refractivity contribution in [2.45, 2.75) is 19.4 Å². The van der Waals surface area contributed by atoms with E-state index in [1.807, 2.05) is 7.05 Å². The van der Waals surface area contributed by atoms with Gasteiger partial charge in [-0.2, -0.15) is 0 Å². The van der Waals surface area contributed by atoms with Crippen molar-refractivity contribution in [3.63, 3.8) is 0 Å². The molecule has 2 nitrogen and oxygen atoms in total. The minimum atomic E-state index is 0.206. The summed E-state index contributed by atoms with van der Waals surface area (Å²) in [5.74, 6) is 0. The fraction of sp³-hybridized carbons (Fsp3) is 0.333. The van der Waals surface area contributed by atoms with Gasteiger partial charge in [0.15, 0.2) is 0 Å². The Balaban J connectivity index is 2.24. The van der Waals surface area contributed by atoms with E-state index in [0.717, 1.165) is 17.5 Å². The molecule has 0 fully saturated rings. The molecule has 0 bridgehead atoms. The van der Waals surface area contributed by atoms with Crippen molar-refractivity contribution in [2.24, 2.45) is 0 Å². The van der Waals surface area contributed by atoms with Crippen LogP contribution in [0.5, 0.6) is 0 Å². The lowest BCUT2D eigenvalue weighted by Gasteiger charge is -2.18. The Hall–Kier alpha value is -1.16. The number of hydrogen-bond acceptors (Lipinski definition) is 2. The van der Waals surface area contributed by atoms with Crippen molar-refractivity contribution < 1.29 is 4.74 Å². The number of benzene rings is 2. The first-order chi connectivity index (χ1) is 10.1. The summed E-state index contributed by atoms with van der Waals surface area (Å²) in [5.41, 5.74) is 5.11. The molecule has 0 amide bonds. The Labute approximate surface area is 135 Å². The zero-order valence-electron chi connectivity index (χ0n) is 12.8. The van der Waals surface area contributed by atoms with Gasteiger partial charge < -0.3 is 10.1 Å². The van der Waals surface area contributed by atoms with Crippen molar-refractivity contribution in [3.05, 3.63) is 69.2 Å². The minimum absolute atomic E-state index is 0.206. The average Bonchev–Trinajstić information content (AvgIpc) is 2.46. The molecule has 21 heavy (non-hydrogen) atoms. The topological polar surface area (TPSA) is 21.3 Å². The maximum atomic E-state index is 5.12. The molecule has 0 heterocycles. The standard InChI is InChI=1S/C18H22BrNO/c1-13-10-16(12-17(19)11-13)18(20-2)15-6-4-14(5-7-15)8-9-21-3/h4-7,10-12,18,20H,8-9H2,1-3H3. The highest BCUT2D eigenvalue weighted by Gasteiger charge is 2.12. The summed E-state index contributed by atoms with van der Waals surface area (Å²) in [6, 6.07) is 15.5. The van der Waals surface area contributed by atoms with Crippen molar-refractivity contribution in [3.8, 4) is 0 Å². The summed E-state index contributed by atoms with van der Waals surface area (Å²) in [7, 11) is 3.74. The molecule has 1 N–H and O–H groups in total. The number of ether oxygens (including phenoxy) is 1. The molecule has 3 heteroatoms. The largest absolute Gasteiger partial charge is 0.384 e. The Morgan fingerprint density at radius 3 is 2.38 bits per heavy atom. The maximum Gasteiger partial charge on any atom is 0.0574 e. The van der Waals surface area contributed by atoms with Gasteiger partial charge in [-0.1, -0.05) is 46.3 Å². The van der Waals surface area contributed by atoms with E-state index in [2.05, 4.69) is 70.6 Å². The van der Waals surface area contributed by atoms with Gasteiger partial charge in [-0.25, -0.2) is 0 Å². The third kappa shape index (κ3) is 4.40. The first-order valence-electron chi connectivity index (χ1n) is 7.16. The van der Waals surface area contributed by atoms with Crippen LogP contribution in [0.15, 0.2) is 46.9 Å². The summed E-state index contributed by atoms with van der Waals surface area (Å²) in [4.78, 5) is 0. The molecule has 0 aliphatic carbocycles. The van der Waals surface area contributed by atoms with Gasteiger partial charge in [0.2, 0.25) is 0 Å². The van der Waals surface area contributed by atoms with Crippen LogP contribution in [0.4, 0.5) is 0 Å². The summed E-state index contributed by atoms with van der Waals surface area (Å²) in [6.07, 6.45) is 0.955. The molecule has 0 aliphatic heterocycles. The highest BCUT2D eigenvalue weighted by Crippen LogP contribution is 2.26. The van der Waals surface area contributed by atoms with Gasteiger partial charge in [-0.15, -0.1) is 0 Å². The van der Waals surface area contributed by atoms with Gasteiger partial charge >= 0.3 is 0 Å². The molecule has 0 saturated carbocycles. The number of nitrogens with one attached hydrogen (secondary N) is 1. The summed E-state index contributed by atoms with van der Waals surface area (Å²) >= 11 is 3.58. The molecule has 2 aromatic rings. The van der Waals surface area contributed by atoms with Gasteiger partial charge in [0.25, 0.3) is 0 Å². The SMILES string of the molecule is CNC(c1ccc(CCOC)cc1)c1cc(C)cc(Br)c1. The summed E-state index contributed by atoms with van der Waals surface area (Å²) in [6.45, 7) is 2.88. The monoisotopic (exact) mass is 347 g/mol. The van der Waals surface area contributed by atoms with Crippen LogP contribution in [0.25, 0.3) is 0 Å². The molecule has 112 valence electrons. The molecular weight excluding hydrogens is 326 g/mol. The van der Waals surface area contributed by atoms with E-state index in [9.17, 15) is 0 Å². The molecule has 0 aromatic heterocycles. The smallest absolute Gasteiger partial charge is 0.0574 e.